The maximum absolute atomic E-state index is 12.7. The summed E-state index contributed by atoms with van der Waals surface area (Å²) in [7, 11) is 2.17. The van der Waals surface area contributed by atoms with Crippen molar-refractivity contribution in [2.45, 2.75) is 44.6 Å². The Labute approximate surface area is 263 Å². The van der Waals surface area contributed by atoms with E-state index in [9.17, 15) is 14.4 Å². The SMILES string of the molecule is CCC1(c2cccc(OC(=O)Nc3ccc(C(=O)Oc4ccc(C(=O)OCc5ccccc5)cc4)cc3)c2)CCCCN(C)C1. The standard InChI is InChI=1S/C37H38N2O6/c1-3-37(22-7-8-23-39(2)26-37)30-12-9-13-33(24-30)45-36(42)38-31-18-14-29(15-19-31)35(41)44-32-20-16-28(17-21-32)34(40)43-25-27-10-5-4-6-11-27/h4-6,9-21,24H,3,7-8,22-23,25-26H2,1-2H3,(H,38,42). The third-order valence-corrected chi connectivity index (χ3v) is 8.23. The second-order valence-corrected chi connectivity index (χ2v) is 11.4. The molecule has 0 aromatic heterocycles. The van der Waals surface area contributed by atoms with Gasteiger partial charge in [0.15, 0.2) is 0 Å². The molecule has 1 aliphatic rings. The first kappa shape index (κ1) is 31.5. The summed E-state index contributed by atoms with van der Waals surface area (Å²) < 4.78 is 16.4. The van der Waals surface area contributed by atoms with Crippen molar-refractivity contribution in [3.8, 4) is 11.5 Å². The molecule has 1 N–H and O–H groups in total. The summed E-state index contributed by atoms with van der Waals surface area (Å²) in [5.41, 5.74) is 3.23. The Hall–Kier alpha value is -4.95. The number of carbonyl (C=O) groups excluding carboxylic acids is 3. The van der Waals surface area contributed by atoms with Crippen molar-refractivity contribution in [1.29, 1.82) is 0 Å². The number of anilines is 1. The molecule has 232 valence electrons. The molecular formula is C37H38N2O6. The van der Waals surface area contributed by atoms with Gasteiger partial charge in [0.2, 0.25) is 0 Å². The van der Waals surface area contributed by atoms with Crippen molar-refractivity contribution in [3.05, 3.63) is 125 Å². The molecule has 1 amide bonds. The molecule has 1 atom stereocenters. The number of likely N-dealkylation sites (N-methyl/N-ethyl adjacent to an activating group) is 1. The number of hydrogen-bond acceptors (Lipinski definition) is 7. The number of carbonyl (C=O) groups is 3. The average molecular weight is 607 g/mol. The molecule has 8 nitrogen and oxygen atoms in total. The van der Waals surface area contributed by atoms with Crippen molar-refractivity contribution in [2.75, 3.05) is 25.5 Å². The number of ether oxygens (including phenoxy) is 3. The van der Waals surface area contributed by atoms with Crippen molar-refractivity contribution >= 4 is 23.7 Å². The molecule has 0 saturated carbocycles. The Morgan fingerprint density at radius 1 is 0.778 bits per heavy atom. The van der Waals surface area contributed by atoms with E-state index in [1.165, 1.54) is 30.5 Å². The molecule has 0 spiro atoms. The predicted octanol–water partition coefficient (Wildman–Crippen LogP) is 7.64. The van der Waals surface area contributed by atoms with E-state index in [0.717, 1.165) is 31.5 Å². The van der Waals surface area contributed by atoms with Crippen LogP contribution in [0.25, 0.3) is 0 Å². The smallest absolute Gasteiger partial charge is 0.417 e. The molecule has 0 radical (unpaired) electrons. The van der Waals surface area contributed by atoms with Gasteiger partial charge in [-0.1, -0.05) is 55.8 Å². The zero-order valence-corrected chi connectivity index (χ0v) is 25.7. The van der Waals surface area contributed by atoms with E-state index in [1.807, 2.05) is 42.5 Å². The summed E-state index contributed by atoms with van der Waals surface area (Å²) in [4.78, 5) is 40.1. The lowest BCUT2D eigenvalue weighted by Crippen LogP contribution is -2.37. The fraction of sp³-hybridized carbons (Fsp3) is 0.270. The van der Waals surface area contributed by atoms with Crippen LogP contribution in [0.15, 0.2) is 103 Å². The highest BCUT2D eigenvalue weighted by Crippen LogP contribution is 2.37. The number of hydrogen-bond donors (Lipinski definition) is 1. The number of benzene rings is 4. The van der Waals surface area contributed by atoms with Crippen LogP contribution in [0.3, 0.4) is 0 Å². The van der Waals surface area contributed by atoms with Gasteiger partial charge in [-0.25, -0.2) is 14.4 Å². The van der Waals surface area contributed by atoms with E-state index in [4.69, 9.17) is 14.2 Å². The van der Waals surface area contributed by atoms with E-state index in [0.29, 0.717) is 22.6 Å². The molecule has 1 heterocycles. The molecular weight excluding hydrogens is 568 g/mol. The summed E-state index contributed by atoms with van der Waals surface area (Å²) in [6, 6.07) is 29.7. The third-order valence-electron chi connectivity index (χ3n) is 8.23. The first-order chi connectivity index (χ1) is 21.8. The number of rotatable bonds is 9. The van der Waals surface area contributed by atoms with Gasteiger partial charge in [-0.2, -0.15) is 0 Å². The van der Waals surface area contributed by atoms with Gasteiger partial charge in [-0.05, 0) is 105 Å². The van der Waals surface area contributed by atoms with Crippen LogP contribution in [0.5, 0.6) is 11.5 Å². The van der Waals surface area contributed by atoms with E-state index in [-0.39, 0.29) is 17.8 Å². The quantitative estimate of drug-likeness (QED) is 0.155. The summed E-state index contributed by atoms with van der Waals surface area (Å²) in [6.07, 6.45) is 3.86. The van der Waals surface area contributed by atoms with Crippen LogP contribution < -0.4 is 14.8 Å². The molecule has 0 aliphatic carbocycles. The zero-order valence-electron chi connectivity index (χ0n) is 25.7. The number of esters is 2. The van der Waals surface area contributed by atoms with E-state index in [2.05, 4.69) is 30.3 Å². The minimum Gasteiger partial charge on any atom is -0.457 e. The predicted molar refractivity (Wildman–Crippen MR) is 173 cm³/mol. The molecule has 45 heavy (non-hydrogen) atoms. The third kappa shape index (κ3) is 8.37. The normalized spacial score (nSPS) is 16.7. The molecule has 1 fully saturated rings. The molecule has 1 aliphatic heterocycles. The summed E-state index contributed by atoms with van der Waals surface area (Å²) in [6.45, 7) is 4.46. The summed E-state index contributed by atoms with van der Waals surface area (Å²) >= 11 is 0. The minimum atomic E-state index is -0.617. The van der Waals surface area contributed by atoms with Gasteiger partial charge in [-0.3, -0.25) is 5.32 Å². The van der Waals surface area contributed by atoms with Crippen LogP contribution in [0.2, 0.25) is 0 Å². The Morgan fingerprint density at radius 2 is 1.49 bits per heavy atom. The fourth-order valence-corrected chi connectivity index (χ4v) is 5.71. The summed E-state index contributed by atoms with van der Waals surface area (Å²) in [5.74, 6) is -0.272. The van der Waals surface area contributed by atoms with Crippen LogP contribution in [-0.2, 0) is 16.8 Å². The maximum Gasteiger partial charge on any atom is 0.417 e. The first-order valence-corrected chi connectivity index (χ1v) is 15.2. The van der Waals surface area contributed by atoms with E-state index >= 15 is 0 Å². The zero-order chi connectivity index (χ0) is 31.6. The fourth-order valence-electron chi connectivity index (χ4n) is 5.71. The van der Waals surface area contributed by atoms with Crippen molar-refractivity contribution in [1.82, 2.24) is 4.90 Å². The topological polar surface area (TPSA) is 94.2 Å². The highest BCUT2D eigenvalue weighted by molar-refractivity contribution is 5.93. The van der Waals surface area contributed by atoms with Crippen LogP contribution in [0.1, 0.15) is 64.4 Å². The molecule has 4 aromatic rings. The molecule has 4 aromatic carbocycles. The van der Waals surface area contributed by atoms with Crippen LogP contribution in [-0.4, -0.2) is 43.1 Å². The van der Waals surface area contributed by atoms with E-state index < -0.39 is 18.0 Å². The van der Waals surface area contributed by atoms with Gasteiger partial charge < -0.3 is 19.1 Å². The molecule has 8 heteroatoms. The number of nitrogens with one attached hydrogen (secondary N) is 1. The number of nitrogens with zero attached hydrogens (tertiary/aromatic N) is 1. The first-order valence-electron chi connectivity index (χ1n) is 15.2. The Kier molecular flexibility index (Phi) is 10.3. The largest absolute Gasteiger partial charge is 0.457 e. The summed E-state index contributed by atoms with van der Waals surface area (Å²) in [5, 5.41) is 2.72. The second kappa shape index (κ2) is 14.7. The van der Waals surface area contributed by atoms with Crippen molar-refractivity contribution in [2.24, 2.45) is 0 Å². The maximum atomic E-state index is 12.7. The monoisotopic (exact) mass is 606 g/mol. The molecule has 1 saturated heterocycles. The number of likely N-dealkylation sites (tertiary alicyclic amines) is 1. The lowest BCUT2D eigenvalue weighted by atomic mass is 9.74. The molecule has 5 rings (SSSR count). The Bertz CT molecular complexity index is 1600. The lowest BCUT2D eigenvalue weighted by molar-refractivity contribution is 0.0472. The van der Waals surface area contributed by atoms with Gasteiger partial charge in [-0.15, -0.1) is 0 Å². The van der Waals surface area contributed by atoms with Crippen LogP contribution in [0.4, 0.5) is 10.5 Å². The molecule has 1 unspecified atom stereocenters. The second-order valence-electron chi connectivity index (χ2n) is 11.4. The van der Waals surface area contributed by atoms with Gasteiger partial charge in [0.25, 0.3) is 0 Å². The number of amides is 1. The molecule has 0 bridgehead atoms. The van der Waals surface area contributed by atoms with Crippen molar-refractivity contribution < 1.29 is 28.6 Å². The minimum absolute atomic E-state index is 0.0297. The lowest BCUT2D eigenvalue weighted by Gasteiger charge is -2.35. The van der Waals surface area contributed by atoms with Crippen LogP contribution in [0, 0.1) is 0 Å². The van der Waals surface area contributed by atoms with Gasteiger partial charge >= 0.3 is 18.0 Å². The van der Waals surface area contributed by atoms with Crippen molar-refractivity contribution in [3.63, 3.8) is 0 Å². The van der Waals surface area contributed by atoms with Gasteiger partial charge in [0.05, 0.1) is 11.1 Å². The van der Waals surface area contributed by atoms with Gasteiger partial charge in [0, 0.05) is 17.6 Å². The highest BCUT2D eigenvalue weighted by atomic mass is 16.6. The average Bonchev–Trinajstić information content (AvgIpc) is 3.26. The highest BCUT2D eigenvalue weighted by Gasteiger charge is 2.33. The van der Waals surface area contributed by atoms with Gasteiger partial charge in [0.1, 0.15) is 18.1 Å². The Balaban J connectivity index is 1.13. The van der Waals surface area contributed by atoms with E-state index in [1.54, 1.807) is 42.5 Å². The van der Waals surface area contributed by atoms with Crippen LogP contribution >= 0.6 is 0 Å². The Morgan fingerprint density at radius 3 is 2.22 bits per heavy atom.